The van der Waals surface area contributed by atoms with Crippen LogP contribution in [0.2, 0.25) is 0 Å². The molecule has 6 heteroatoms. The number of nitrogens with zero attached hydrogens (tertiary/aromatic N) is 2. The third-order valence-corrected chi connectivity index (χ3v) is 4.50. The molecule has 0 spiro atoms. The van der Waals surface area contributed by atoms with Gasteiger partial charge in [-0.05, 0) is 66.7 Å². The molecule has 3 N–H and O–H groups in total. The molecule has 1 aromatic heterocycles. The lowest BCUT2D eigenvalue weighted by Crippen LogP contribution is -2.11. The van der Waals surface area contributed by atoms with Gasteiger partial charge in [-0.15, -0.1) is 0 Å². The summed E-state index contributed by atoms with van der Waals surface area (Å²) >= 11 is 0. The van der Waals surface area contributed by atoms with Gasteiger partial charge in [-0.2, -0.15) is 0 Å². The van der Waals surface area contributed by atoms with Crippen LogP contribution in [-0.4, -0.2) is 30.0 Å². The molecule has 140 valence electrons. The summed E-state index contributed by atoms with van der Waals surface area (Å²) in [4.78, 5) is 21.7. The molecule has 4 rings (SSSR count). The molecule has 4 aromatic rings. The first-order chi connectivity index (χ1) is 13.6. The van der Waals surface area contributed by atoms with Gasteiger partial charge in [0.25, 0.3) is 5.91 Å². The molecular weight excluding hydrogens is 350 g/mol. The standard InChI is InChI=1S/C22H21N5O/c1-27(2)19-10-8-17(9-11-19)25-16-4-6-18(7-5-16)26-22(28)15-3-12-20-21(13-15)24-14-23-20/h3-14,25H,1-2H3,(H,23,24)(H,26,28). The zero-order chi connectivity index (χ0) is 19.5. The Morgan fingerprint density at radius 2 is 1.54 bits per heavy atom. The Morgan fingerprint density at radius 3 is 2.21 bits per heavy atom. The highest BCUT2D eigenvalue weighted by atomic mass is 16.1. The summed E-state index contributed by atoms with van der Waals surface area (Å²) in [6.07, 6.45) is 1.62. The number of nitrogens with one attached hydrogen (secondary N) is 3. The molecule has 0 aliphatic carbocycles. The van der Waals surface area contributed by atoms with Crippen LogP contribution in [0.3, 0.4) is 0 Å². The van der Waals surface area contributed by atoms with E-state index in [1.165, 1.54) is 0 Å². The first kappa shape index (κ1) is 17.6. The number of benzene rings is 3. The molecule has 0 aliphatic rings. The fraction of sp³-hybridized carbons (Fsp3) is 0.0909. The van der Waals surface area contributed by atoms with Gasteiger partial charge in [-0.3, -0.25) is 4.79 Å². The van der Waals surface area contributed by atoms with Crippen LogP contribution in [0.4, 0.5) is 22.7 Å². The molecule has 1 heterocycles. The summed E-state index contributed by atoms with van der Waals surface area (Å²) < 4.78 is 0. The van der Waals surface area contributed by atoms with Gasteiger partial charge in [-0.1, -0.05) is 0 Å². The van der Waals surface area contributed by atoms with E-state index in [-0.39, 0.29) is 5.91 Å². The van der Waals surface area contributed by atoms with Gasteiger partial charge in [0, 0.05) is 42.4 Å². The zero-order valence-corrected chi connectivity index (χ0v) is 15.7. The highest BCUT2D eigenvalue weighted by Gasteiger charge is 2.08. The number of anilines is 4. The number of fused-ring (bicyclic) bond motifs is 1. The van der Waals surface area contributed by atoms with Crippen molar-refractivity contribution in [3.63, 3.8) is 0 Å². The van der Waals surface area contributed by atoms with E-state index < -0.39 is 0 Å². The van der Waals surface area contributed by atoms with Crippen LogP contribution in [0.5, 0.6) is 0 Å². The van der Waals surface area contributed by atoms with E-state index in [1.54, 1.807) is 18.5 Å². The fourth-order valence-corrected chi connectivity index (χ4v) is 2.92. The van der Waals surface area contributed by atoms with Crippen molar-refractivity contribution in [1.82, 2.24) is 9.97 Å². The average Bonchev–Trinajstić information content (AvgIpc) is 3.17. The average molecular weight is 371 g/mol. The second-order valence-electron chi connectivity index (χ2n) is 6.73. The molecule has 0 saturated heterocycles. The zero-order valence-electron chi connectivity index (χ0n) is 15.7. The van der Waals surface area contributed by atoms with Crippen molar-refractivity contribution < 1.29 is 4.79 Å². The third kappa shape index (κ3) is 3.81. The van der Waals surface area contributed by atoms with Crippen LogP contribution in [0, 0.1) is 0 Å². The van der Waals surface area contributed by atoms with Crippen molar-refractivity contribution in [3.8, 4) is 0 Å². The Kier molecular flexibility index (Phi) is 4.68. The third-order valence-electron chi connectivity index (χ3n) is 4.50. The number of carbonyl (C=O) groups excluding carboxylic acids is 1. The molecule has 1 amide bonds. The molecule has 0 unspecified atom stereocenters. The van der Waals surface area contributed by atoms with Gasteiger partial charge >= 0.3 is 0 Å². The van der Waals surface area contributed by atoms with Gasteiger partial charge in [0.15, 0.2) is 0 Å². The molecule has 0 radical (unpaired) electrons. The van der Waals surface area contributed by atoms with Crippen molar-refractivity contribution in [3.05, 3.63) is 78.6 Å². The second-order valence-corrected chi connectivity index (χ2v) is 6.73. The predicted octanol–water partition coefficient (Wildman–Crippen LogP) is 4.62. The number of aromatic nitrogens is 2. The Bertz CT molecular complexity index is 1100. The van der Waals surface area contributed by atoms with Crippen molar-refractivity contribution in [2.45, 2.75) is 0 Å². The largest absolute Gasteiger partial charge is 0.378 e. The Balaban J connectivity index is 1.41. The highest BCUT2D eigenvalue weighted by Crippen LogP contribution is 2.22. The first-order valence-corrected chi connectivity index (χ1v) is 8.97. The molecule has 0 saturated carbocycles. The van der Waals surface area contributed by atoms with E-state index in [0.29, 0.717) is 5.56 Å². The van der Waals surface area contributed by atoms with Gasteiger partial charge < -0.3 is 20.5 Å². The molecule has 3 aromatic carbocycles. The molecule has 6 nitrogen and oxygen atoms in total. The lowest BCUT2D eigenvalue weighted by Gasteiger charge is -2.13. The number of aromatic amines is 1. The van der Waals surface area contributed by atoms with Gasteiger partial charge in [0.05, 0.1) is 17.4 Å². The second kappa shape index (κ2) is 7.44. The van der Waals surface area contributed by atoms with E-state index in [1.807, 2.05) is 56.6 Å². The first-order valence-electron chi connectivity index (χ1n) is 8.97. The molecule has 0 aliphatic heterocycles. The van der Waals surface area contributed by atoms with Crippen LogP contribution in [0.15, 0.2) is 73.1 Å². The Morgan fingerprint density at radius 1 is 0.893 bits per heavy atom. The fourth-order valence-electron chi connectivity index (χ4n) is 2.92. The van der Waals surface area contributed by atoms with Crippen molar-refractivity contribution in [2.75, 3.05) is 29.6 Å². The lowest BCUT2D eigenvalue weighted by atomic mass is 10.2. The van der Waals surface area contributed by atoms with Crippen LogP contribution >= 0.6 is 0 Å². The number of rotatable bonds is 5. The molecular formula is C22H21N5O. The van der Waals surface area contributed by atoms with E-state index >= 15 is 0 Å². The van der Waals surface area contributed by atoms with E-state index in [0.717, 1.165) is 33.8 Å². The summed E-state index contributed by atoms with van der Waals surface area (Å²) in [5.74, 6) is -0.162. The smallest absolute Gasteiger partial charge is 0.255 e. The van der Waals surface area contributed by atoms with E-state index in [2.05, 4.69) is 37.6 Å². The minimum absolute atomic E-state index is 0.162. The summed E-state index contributed by atoms with van der Waals surface area (Å²) in [6.45, 7) is 0. The molecule has 28 heavy (non-hydrogen) atoms. The van der Waals surface area contributed by atoms with Gasteiger partial charge in [0.2, 0.25) is 0 Å². The molecule has 0 fully saturated rings. The maximum absolute atomic E-state index is 12.5. The SMILES string of the molecule is CN(C)c1ccc(Nc2ccc(NC(=O)c3ccc4[nH]cnc4c3)cc2)cc1. The number of carbonyl (C=O) groups is 1. The Hall–Kier alpha value is -3.80. The lowest BCUT2D eigenvalue weighted by molar-refractivity contribution is 0.102. The summed E-state index contributed by atoms with van der Waals surface area (Å²) in [5.41, 5.74) is 6.10. The van der Waals surface area contributed by atoms with Crippen molar-refractivity contribution >= 4 is 39.7 Å². The predicted molar refractivity (Wildman–Crippen MR) is 115 cm³/mol. The highest BCUT2D eigenvalue weighted by molar-refractivity contribution is 6.06. The number of hydrogen-bond donors (Lipinski definition) is 3. The van der Waals surface area contributed by atoms with Crippen molar-refractivity contribution in [2.24, 2.45) is 0 Å². The topological polar surface area (TPSA) is 73.0 Å². The normalized spacial score (nSPS) is 10.6. The van der Waals surface area contributed by atoms with Gasteiger partial charge in [-0.25, -0.2) is 4.98 Å². The molecule has 0 bridgehead atoms. The van der Waals surface area contributed by atoms with E-state index in [4.69, 9.17) is 0 Å². The molecule has 0 atom stereocenters. The van der Waals surface area contributed by atoms with Crippen LogP contribution in [0.1, 0.15) is 10.4 Å². The van der Waals surface area contributed by atoms with Crippen LogP contribution in [0.25, 0.3) is 11.0 Å². The maximum Gasteiger partial charge on any atom is 0.255 e. The van der Waals surface area contributed by atoms with Crippen LogP contribution < -0.4 is 15.5 Å². The number of imidazole rings is 1. The quantitative estimate of drug-likeness (QED) is 0.478. The number of amides is 1. The number of H-pyrrole nitrogens is 1. The monoisotopic (exact) mass is 371 g/mol. The van der Waals surface area contributed by atoms with Gasteiger partial charge in [0.1, 0.15) is 0 Å². The summed E-state index contributed by atoms with van der Waals surface area (Å²) in [7, 11) is 4.03. The maximum atomic E-state index is 12.5. The number of hydrogen-bond acceptors (Lipinski definition) is 4. The summed E-state index contributed by atoms with van der Waals surface area (Å²) in [6, 6.07) is 21.2. The minimum atomic E-state index is -0.162. The van der Waals surface area contributed by atoms with E-state index in [9.17, 15) is 4.79 Å². The minimum Gasteiger partial charge on any atom is -0.378 e. The van der Waals surface area contributed by atoms with Crippen molar-refractivity contribution in [1.29, 1.82) is 0 Å². The Labute approximate surface area is 163 Å². The van der Waals surface area contributed by atoms with Crippen LogP contribution in [-0.2, 0) is 0 Å². The summed E-state index contributed by atoms with van der Waals surface area (Å²) in [5, 5.41) is 6.27.